The molecule has 0 fully saturated rings. The third-order valence-corrected chi connectivity index (χ3v) is 5.29. The Balaban J connectivity index is 1.47. The Hall–Kier alpha value is -3.59. The summed E-state index contributed by atoms with van der Waals surface area (Å²) in [7, 11) is 0. The molecule has 0 saturated carbocycles. The van der Waals surface area contributed by atoms with Gasteiger partial charge in [0, 0.05) is 10.9 Å². The summed E-state index contributed by atoms with van der Waals surface area (Å²) in [4.78, 5) is 4.90. The van der Waals surface area contributed by atoms with Gasteiger partial charge in [-0.05, 0) is 30.5 Å². The number of aromatic nitrogens is 2. The molecule has 0 N–H and O–H groups in total. The van der Waals surface area contributed by atoms with Gasteiger partial charge in [-0.15, -0.1) is 0 Å². The fourth-order valence-electron chi connectivity index (χ4n) is 3.79. The lowest BCUT2D eigenvalue weighted by atomic mass is 10.1. The standard InChI is InChI=1S/C26H22N2O/c1-19-13-15-21(16-14-19)26-27-23-10-4-5-11-24(23)28(26)17-18-29-25-12-6-8-20-7-2-3-9-22(20)25/h2-16H,17-18H2,1H3. The Bertz CT molecular complexity index is 1280. The maximum Gasteiger partial charge on any atom is 0.141 e. The van der Waals surface area contributed by atoms with Crippen molar-refractivity contribution < 1.29 is 4.74 Å². The van der Waals surface area contributed by atoms with Gasteiger partial charge in [0.25, 0.3) is 0 Å². The number of hydrogen-bond acceptors (Lipinski definition) is 2. The van der Waals surface area contributed by atoms with Crippen molar-refractivity contribution in [2.24, 2.45) is 0 Å². The summed E-state index contributed by atoms with van der Waals surface area (Å²) in [6.45, 7) is 3.41. The summed E-state index contributed by atoms with van der Waals surface area (Å²) in [5, 5.41) is 2.34. The van der Waals surface area contributed by atoms with Crippen molar-refractivity contribution in [2.75, 3.05) is 6.61 Å². The molecule has 3 heteroatoms. The number of imidazole rings is 1. The largest absolute Gasteiger partial charge is 0.491 e. The quantitative estimate of drug-likeness (QED) is 0.362. The number of ether oxygens (including phenoxy) is 1. The molecule has 0 aliphatic carbocycles. The van der Waals surface area contributed by atoms with Crippen molar-refractivity contribution in [1.29, 1.82) is 0 Å². The first-order valence-electron chi connectivity index (χ1n) is 9.92. The van der Waals surface area contributed by atoms with Gasteiger partial charge in [0.2, 0.25) is 0 Å². The smallest absolute Gasteiger partial charge is 0.141 e. The van der Waals surface area contributed by atoms with Crippen LogP contribution < -0.4 is 4.74 Å². The second kappa shape index (κ2) is 7.44. The monoisotopic (exact) mass is 378 g/mol. The molecule has 0 atom stereocenters. The van der Waals surface area contributed by atoms with Crippen molar-refractivity contribution in [3.8, 4) is 17.1 Å². The zero-order valence-corrected chi connectivity index (χ0v) is 16.4. The molecule has 0 radical (unpaired) electrons. The Labute approximate surface area is 170 Å². The molecular weight excluding hydrogens is 356 g/mol. The van der Waals surface area contributed by atoms with E-state index in [1.807, 2.05) is 24.3 Å². The minimum absolute atomic E-state index is 0.577. The Morgan fingerprint density at radius 3 is 2.45 bits per heavy atom. The van der Waals surface area contributed by atoms with Crippen LogP contribution in [0.3, 0.4) is 0 Å². The molecule has 0 unspecified atom stereocenters. The van der Waals surface area contributed by atoms with Crippen molar-refractivity contribution in [1.82, 2.24) is 9.55 Å². The average Bonchev–Trinajstić information content (AvgIpc) is 3.13. The second-order valence-electron chi connectivity index (χ2n) is 7.27. The molecule has 5 rings (SSSR count). The lowest BCUT2D eigenvalue weighted by Gasteiger charge is -2.12. The molecule has 0 bridgehead atoms. The van der Waals surface area contributed by atoms with Gasteiger partial charge in [0.15, 0.2) is 0 Å². The van der Waals surface area contributed by atoms with Crippen LogP contribution in [0.4, 0.5) is 0 Å². The van der Waals surface area contributed by atoms with E-state index in [4.69, 9.17) is 9.72 Å². The third-order valence-electron chi connectivity index (χ3n) is 5.29. The van der Waals surface area contributed by atoms with Gasteiger partial charge < -0.3 is 9.30 Å². The van der Waals surface area contributed by atoms with E-state index in [1.165, 1.54) is 10.9 Å². The van der Waals surface area contributed by atoms with Gasteiger partial charge in [-0.3, -0.25) is 0 Å². The summed E-state index contributed by atoms with van der Waals surface area (Å²) in [5.41, 5.74) is 4.51. The molecule has 29 heavy (non-hydrogen) atoms. The molecular formula is C26H22N2O. The van der Waals surface area contributed by atoms with Gasteiger partial charge in [-0.25, -0.2) is 4.98 Å². The molecule has 1 aromatic heterocycles. The van der Waals surface area contributed by atoms with E-state index in [9.17, 15) is 0 Å². The van der Waals surface area contributed by atoms with Crippen molar-refractivity contribution in [3.05, 3.63) is 96.6 Å². The number of nitrogens with zero attached hydrogens (tertiary/aromatic N) is 2. The van der Waals surface area contributed by atoms with E-state index in [0.29, 0.717) is 6.61 Å². The van der Waals surface area contributed by atoms with E-state index in [-0.39, 0.29) is 0 Å². The van der Waals surface area contributed by atoms with Gasteiger partial charge in [0.05, 0.1) is 17.6 Å². The fourth-order valence-corrected chi connectivity index (χ4v) is 3.79. The SMILES string of the molecule is Cc1ccc(-c2nc3ccccc3n2CCOc2cccc3ccccc23)cc1. The van der Waals surface area contributed by atoms with Crippen LogP contribution in [-0.4, -0.2) is 16.2 Å². The predicted molar refractivity (Wildman–Crippen MR) is 119 cm³/mol. The molecule has 0 aliphatic rings. The van der Waals surface area contributed by atoms with Crippen LogP contribution in [0.15, 0.2) is 91.0 Å². The summed E-state index contributed by atoms with van der Waals surface area (Å²) in [6.07, 6.45) is 0. The minimum atomic E-state index is 0.577. The molecule has 0 aliphatic heterocycles. The number of aryl methyl sites for hydroxylation is 1. The van der Waals surface area contributed by atoms with Gasteiger partial charge in [-0.1, -0.05) is 78.4 Å². The zero-order chi connectivity index (χ0) is 19.6. The molecule has 142 valence electrons. The Kier molecular flexibility index (Phi) is 4.49. The first-order chi connectivity index (χ1) is 14.3. The van der Waals surface area contributed by atoms with Crippen molar-refractivity contribution in [3.63, 3.8) is 0 Å². The van der Waals surface area contributed by atoms with E-state index in [0.717, 1.165) is 40.1 Å². The highest BCUT2D eigenvalue weighted by Crippen LogP contribution is 2.27. The highest BCUT2D eigenvalue weighted by atomic mass is 16.5. The number of benzene rings is 4. The summed E-state index contributed by atoms with van der Waals surface area (Å²) >= 11 is 0. The molecule has 0 amide bonds. The van der Waals surface area contributed by atoms with Crippen LogP contribution in [0.2, 0.25) is 0 Å². The van der Waals surface area contributed by atoms with Crippen molar-refractivity contribution >= 4 is 21.8 Å². The Morgan fingerprint density at radius 1 is 0.793 bits per heavy atom. The normalized spacial score (nSPS) is 11.2. The zero-order valence-electron chi connectivity index (χ0n) is 16.4. The first kappa shape index (κ1) is 17.5. The summed E-state index contributed by atoms with van der Waals surface area (Å²) < 4.78 is 8.46. The maximum atomic E-state index is 6.20. The second-order valence-corrected chi connectivity index (χ2v) is 7.27. The third kappa shape index (κ3) is 3.36. The minimum Gasteiger partial charge on any atom is -0.491 e. The van der Waals surface area contributed by atoms with Crippen LogP contribution in [-0.2, 0) is 6.54 Å². The number of fused-ring (bicyclic) bond motifs is 2. The average molecular weight is 378 g/mol. The fraction of sp³-hybridized carbons (Fsp3) is 0.115. The molecule has 1 heterocycles. The lowest BCUT2D eigenvalue weighted by Crippen LogP contribution is -2.09. The molecule has 4 aromatic carbocycles. The number of rotatable bonds is 5. The van der Waals surface area contributed by atoms with Crippen LogP contribution in [0.25, 0.3) is 33.2 Å². The molecule has 5 aromatic rings. The predicted octanol–water partition coefficient (Wildman–Crippen LogP) is 6.24. The summed E-state index contributed by atoms with van der Waals surface area (Å²) in [5.74, 6) is 1.90. The van der Waals surface area contributed by atoms with Gasteiger partial charge >= 0.3 is 0 Å². The summed E-state index contributed by atoms with van der Waals surface area (Å²) in [6, 6.07) is 31.3. The highest BCUT2D eigenvalue weighted by Gasteiger charge is 2.12. The lowest BCUT2D eigenvalue weighted by molar-refractivity contribution is 0.304. The van der Waals surface area contributed by atoms with Crippen LogP contribution in [0.1, 0.15) is 5.56 Å². The van der Waals surface area contributed by atoms with Crippen LogP contribution in [0, 0.1) is 6.92 Å². The van der Waals surface area contributed by atoms with Crippen LogP contribution in [0.5, 0.6) is 5.75 Å². The maximum absolute atomic E-state index is 6.20. The van der Waals surface area contributed by atoms with Gasteiger partial charge in [-0.2, -0.15) is 0 Å². The molecule has 3 nitrogen and oxygen atoms in total. The van der Waals surface area contributed by atoms with Crippen LogP contribution >= 0.6 is 0 Å². The van der Waals surface area contributed by atoms with E-state index >= 15 is 0 Å². The molecule has 0 saturated heterocycles. The Morgan fingerprint density at radius 2 is 1.55 bits per heavy atom. The molecule has 0 spiro atoms. The number of para-hydroxylation sites is 2. The van der Waals surface area contributed by atoms with Crippen molar-refractivity contribution in [2.45, 2.75) is 13.5 Å². The topological polar surface area (TPSA) is 27.1 Å². The van der Waals surface area contributed by atoms with E-state index < -0.39 is 0 Å². The van der Waals surface area contributed by atoms with Gasteiger partial charge in [0.1, 0.15) is 18.2 Å². The van der Waals surface area contributed by atoms with E-state index in [2.05, 4.69) is 78.2 Å². The number of hydrogen-bond donors (Lipinski definition) is 0. The highest BCUT2D eigenvalue weighted by molar-refractivity contribution is 5.88. The first-order valence-corrected chi connectivity index (χ1v) is 9.92. The van der Waals surface area contributed by atoms with E-state index in [1.54, 1.807) is 0 Å².